The van der Waals surface area contributed by atoms with Crippen molar-refractivity contribution in [2.45, 2.75) is 26.3 Å². The van der Waals surface area contributed by atoms with E-state index < -0.39 is 0 Å². The molecule has 1 amide bonds. The average molecular weight is 322 g/mol. The van der Waals surface area contributed by atoms with Crippen LogP contribution < -0.4 is 5.32 Å². The molecule has 6 heteroatoms. The average Bonchev–Trinajstić information content (AvgIpc) is 3.09. The number of benzene rings is 1. The van der Waals surface area contributed by atoms with Crippen LogP contribution in [0.4, 0.5) is 0 Å². The highest BCUT2D eigenvalue weighted by molar-refractivity contribution is 5.76. The lowest BCUT2D eigenvalue weighted by molar-refractivity contribution is -0.121. The van der Waals surface area contributed by atoms with Crippen LogP contribution in [0.1, 0.15) is 23.4 Å². The number of hydrogen-bond donors (Lipinski definition) is 1. The Balaban J connectivity index is 1.50. The number of carbonyl (C=O) groups excluding carboxylic acids is 1. The van der Waals surface area contributed by atoms with Crippen LogP contribution in [0.15, 0.2) is 53.2 Å². The lowest BCUT2D eigenvalue weighted by Crippen LogP contribution is -2.23. The Kier molecular flexibility index (Phi) is 4.96. The zero-order valence-corrected chi connectivity index (χ0v) is 13.4. The Morgan fingerprint density at radius 2 is 2.04 bits per heavy atom. The molecule has 1 N–H and O–H groups in total. The summed E-state index contributed by atoms with van der Waals surface area (Å²) in [5.74, 6) is 0.817. The van der Waals surface area contributed by atoms with Crippen LogP contribution in [0.5, 0.6) is 0 Å². The molecule has 0 aliphatic heterocycles. The topological polar surface area (TPSA) is 80.9 Å². The van der Waals surface area contributed by atoms with Crippen molar-refractivity contribution < 1.29 is 9.21 Å². The first-order chi connectivity index (χ1) is 11.7. The van der Waals surface area contributed by atoms with Crippen LogP contribution in [0, 0.1) is 6.92 Å². The Hall–Kier alpha value is -3.02. The smallest absolute Gasteiger partial charge is 0.249 e. The molecule has 6 nitrogen and oxygen atoms in total. The molecule has 3 rings (SSSR count). The van der Waals surface area contributed by atoms with Crippen molar-refractivity contribution in [3.8, 4) is 11.5 Å². The van der Waals surface area contributed by atoms with Crippen molar-refractivity contribution in [1.29, 1.82) is 0 Å². The number of hydrogen-bond acceptors (Lipinski definition) is 5. The molecule has 0 aliphatic carbocycles. The second kappa shape index (κ2) is 7.50. The van der Waals surface area contributed by atoms with Crippen molar-refractivity contribution in [2.24, 2.45) is 0 Å². The molecule has 0 aliphatic rings. The number of rotatable bonds is 6. The number of aromatic nitrogens is 3. The van der Waals surface area contributed by atoms with Crippen molar-refractivity contribution in [2.75, 3.05) is 0 Å². The van der Waals surface area contributed by atoms with Gasteiger partial charge in [0.05, 0.1) is 5.56 Å². The van der Waals surface area contributed by atoms with Crippen molar-refractivity contribution in [3.05, 3.63) is 65.8 Å². The van der Waals surface area contributed by atoms with E-state index in [9.17, 15) is 4.79 Å². The van der Waals surface area contributed by atoms with Gasteiger partial charge in [0.1, 0.15) is 0 Å². The summed E-state index contributed by atoms with van der Waals surface area (Å²) in [6.45, 7) is 2.55. The van der Waals surface area contributed by atoms with Gasteiger partial charge >= 0.3 is 0 Å². The zero-order chi connectivity index (χ0) is 16.8. The van der Waals surface area contributed by atoms with Crippen LogP contribution in [0.3, 0.4) is 0 Å². The van der Waals surface area contributed by atoms with Gasteiger partial charge in [0.25, 0.3) is 0 Å². The number of nitrogens with zero attached hydrogens (tertiary/aromatic N) is 3. The molecule has 3 aromatic rings. The molecular weight excluding hydrogens is 304 g/mol. The van der Waals surface area contributed by atoms with Gasteiger partial charge in [-0.3, -0.25) is 9.78 Å². The van der Waals surface area contributed by atoms with E-state index in [1.807, 2.05) is 37.3 Å². The lowest BCUT2D eigenvalue weighted by atomic mass is 10.1. The summed E-state index contributed by atoms with van der Waals surface area (Å²) in [5.41, 5.74) is 3.04. The summed E-state index contributed by atoms with van der Waals surface area (Å²) in [5, 5.41) is 10.9. The number of carbonyl (C=O) groups is 1. The molecule has 0 unspecified atom stereocenters. The van der Waals surface area contributed by atoms with E-state index in [4.69, 9.17) is 4.42 Å². The Morgan fingerprint density at radius 1 is 1.17 bits per heavy atom. The van der Waals surface area contributed by atoms with Crippen LogP contribution in [-0.4, -0.2) is 21.1 Å². The normalized spacial score (nSPS) is 10.5. The fourth-order valence-electron chi connectivity index (χ4n) is 2.27. The van der Waals surface area contributed by atoms with Crippen molar-refractivity contribution >= 4 is 5.91 Å². The van der Waals surface area contributed by atoms with E-state index in [0.29, 0.717) is 31.2 Å². The SMILES string of the molecule is Cc1ccccc1CNC(=O)CCc1nnc(-c2cccnc2)o1. The van der Waals surface area contributed by atoms with E-state index in [2.05, 4.69) is 20.5 Å². The van der Waals surface area contributed by atoms with Crippen molar-refractivity contribution in [3.63, 3.8) is 0 Å². The predicted octanol–water partition coefficient (Wildman–Crippen LogP) is 2.69. The van der Waals surface area contributed by atoms with Gasteiger partial charge in [-0.2, -0.15) is 0 Å². The summed E-state index contributed by atoms with van der Waals surface area (Å²) in [4.78, 5) is 16.0. The highest BCUT2D eigenvalue weighted by Crippen LogP contribution is 2.16. The standard InChI is InChI=1S/C18H18N4O2/c1-13-5-2-3-6-14(13)12-20-16(23)8-9-17-21-22-18(24-17)15-7-4-10-19-11-15/h2-7,10-11H,8-9,12H2,1H3,(H,20,23). The fraction of sp³-hybridized carbons (Fsp3) is 0.222. The largest absolute Gasteiger partial charge is 0.421 e. The van der Waals surface area contributed by atoms with E-state index in [1.165, 1.54) is 0 Å². The molecule has 1 aromatic carbocycles. The maximum atomic E-state index is 12.0. The first-order valence-corrected chi connectivity index (χ1v) is 7.76. The molecule has 2 heterocycles. The maximum Gasteiger partial charge on any atom is 0.249 e. The minimum atomic E-state index is -0.0422. The van der Waals surface area contributed by atoms with Crippen molar-refractivity contribution in [1.82, 2.24) is 20.5 Å². The van der Waals surface area contributed by atoms with Gasteiger partial charge in [-0.1, -0.05) is 24.3 Å². The van der Waals surface area contributed by atoms with Gasteiger partial charge in [0.2, 0.25) is 17.7 Å². The third-order valence-corrected chi connectivity index (χ3v) is 3.68. The third kappa shape index (κ3) is 4.04. The molecule has 2 aromatic heterocycles. The van der Waals surface area contributed by atoms with E-state index >= 15 is 0 Å². The number of aryl methyl sites for hydroxylation is 2. The zero-order valence-electron chi connectivity index (χ0n) is 13.4. The lowest BCUT2D eigenvalue weighted by Gasteiger charge is -2.07. The summed E-state index contributed by atoms with van der Waals surface area (Å²) in [6, 6.07) is 11.6. The van der Waals surface area contributed by atoms with Gasteiger partial charge in [0, 0.05) is 31.8 Å². The monoisotopic (exact) mass is 322 g/mol. The molecule has 0 spiro atoms. The van der Waals surface area contributed by atoms with Gasteiger partial charge in [0.15, 0.2) is 0 Å². The first-order valence-electron chi connectivity index (χ1n) is 7.76. The van der Waals surface area contributed by atoms with Crippen LogP contribution in [0.25, 0.3) is 11.5 Å². The molecule has 0 fully saturated rings. The summed E-state index contributed by atoms with van der Waals surface area (Å²) in [7, 11) is 0. The van der Waals surface area contributed by atoms with E-state index in [1.54, 1.807) is 18.5 Å². The molecule has 0 saturated carbocycles. The van der Waals surface area contributed by atoms with E-state index in [-0.39, 0.29) is 5.91 Å². The quantitative estimate of drug-likeness (QED) is 0.754. The maximum absolute atomic E-state index is 12.0. The second-order valence-electron chi connectivity index (χ2n) is 5.45. The van der Waals surface area contributed by atoms with Crippen LogP contribution >= 0.6 is 0 Å². The molecule has 122 valence electrons. The summed E-state index contributed by atoms with van der Waals surface area (Å²) in [6.07, 6.45) is 4.05. The summed E-state index contributed by atoms with van der Waals surface area (Å²) < 4.78 is 5.56. The first kappa shape index (κ1) is 15.9. The highest BCUT2D eigenvalue weighted by atomic mass is 16.4. The molecule has 0 bridgehead atoms. The van der Waals surface area contributed by atoms with Gasteiger partial charge in [-0.05, 0) is 30.2 Å². The van der Waals surface area contributed by atoms with Crippen LogP contribution in [0.2, 0.25) is 0 Å². The highest BCUT2D eigenvalue weighted by Gasteiger charge is 2.10. The number of amides is 1. The predicted molar refractivity (Wildman–Crippen MR) is 88.9 cm³/mol. The van der Waals surface area contributed by atoms with Gasteiger partial charge in [-0.25, -0.2) is 0 Å². The summed E-state index contributed by atoms with van der Waals surface area (Å²) >= 11 is 0. The molecule has 24 heavy (non-hydrogen) atoms. The van der Waals surface area contributed by atoms with E-state index in [0.717, 1.165) is 16.7 Å². The Morgan fingerprint density at radius 3 is 2.83 bits per heavy atom. The molecule has 0 radical (unpaired) electrons. The molecular formula is C18H18N4O2. The number of nitrogens with one attached hydrogen (secondary N) is 1. The minimum absolute atomic E-state index is 0.0422. The third-order valence-electron chi connectivity index (χ3n) is 3.68. The van der Waals surface area contributed by atoms with Gasteiger partial charge in [-0.15, -0.1) is 10.2 Å². The van der Waals surface area contributed by atoms with Gasteiger partial charge < -0.3 is 9.73 Å². The Bertz CT molecular complexity index is 815. The molecule has 0 atom stereocenters. The van der Waals surface area contributed by atoms with Crippen LogP contribution in [-0.2, 0) is 17.8 Å². The number of pyridine rings is 1. The fourth-order valence-corrected chi connectivity index (χ4v) is 2.27. The molecule has 0 saturated heterocycles. The second-order valence-corrected chi connectivity index (χ2v) is 5.45. The minimum Gasteiger partial charge on any atom is -0.421 e. The Labute approximate surface area is 140 Å².